The van der Waals surface area contributed by atoms with Gasteiger partial charge in [0.25, 0.3) is 11.6 Å². The molecule has 142 valence electrons. The lowest BCUT2D eigenvalue weighted by Gasteiger charge is -2.06. The van der Waals surface area contributed by atoms with E-state index in [9.17, 15) is 19.7 Å². The van der Waals surface area contributed by atoms with E-state index in [1.165, 1.54) is 36.4 Å². The van der Waals surface area contributed by atoms with E-state index in [0.29, 0.717) is 11.5 Å². The van der Waals surface area contributed by atoms with Gasteiger partial charge in [0.2, 0.25) is 0 Å². The number of hydrogen-bond donors (Lipinski definition) is 3. The fraction of sp³-hybridized carbons (Fsp3) is 0.0526. The highest BCUT2D eigenvalue weighted by atomic mass is 16.6. The van der Waals surface area contributed by atoms with Crippen LogP contribution in [0.4, 0.5) is 5.69 Å². The third-order valence-electron chi connectivity index (χ3n) is 3.88. The molecule has 3 N–H and O–H groups in total. The highest BCUT2D eigenvalue weighted by molar-refractivity contribution is 5.94. The van der Waals surface area contributed by atoms with Crippen molar-refractivity contribution in [1.29, 1.82) is 0 Å². The fourth-order valence-corrected chi connectivity index (χ4v) is 2.42. The number of nitro benzene ring substituents is 1. The molecule has 9 heteroatoms. The van der Waals surface area contributed by atoms with Crippen molar-refractivity contribution in [3.63, 3.8) is 0 Å². The molecule has 9 nitrogen and oxygen atoms in total. The van der Waals surface area contributed by atoms with Gasteiger partial charge in [0.1, 0.15) is 11.5 Å². The van der Waals surface area contributed by atoms with Gasteiger partial charge in [0.05, 0.1) is 17.0 Å². The summed E-state index contributed by atoms with van der Waals surface area (Å²) in [6.45, 7) is 0.214. The number of hydrogen-bond acceptors (Lipinski definition) is 6. The Morgan fingerprint density at radius 2 is 1.61 bits per heavy atom. The highest BCUT2D eigenvalue weighted by Gasteiger charge is 2.10. The molecule has 1 aromatic heterocycles. The zero-order chi connectivity index (χ0) is 20.1. The highest BCUT2D eigenvalue weighted by Crippen LogP contribution is 2.22. The number of hydrazine groups is 1. The molecule has 1 amide bonds. The van der Waals surface area contributed by atoms with Crippen molar-refractivity contribution in [2.75, 3.05) is 0 Å². The van der Waals surface area contributed by atoms with Gasteiger partial charge in [-0.25, -0.2) is 10.2 Å². The Balaban J connectivity index is 1.55. The van der Waals surface area contributed by atoms with Crippen LogP contribution in [-0.4, -0.2) is 21.9 Å². The molecule has 3 rings (SSSR count). The summed E-state index contributed by atoms with van der Waals surface area (Å²) < 4.78 is 5.66. The summed E-state index contributed by atoms with van der Waals surface area (Å²) in [6, 6.07) is 15.0. The van der Waals surface area contributed by atoms with Gasteiger partial charge in [0.15, 0.2) is 0 Å². The summed E-state index contributed by atoms with van der Waals surface area (Å²) in [5.74, 6) is -0.317. The van der Waals surface area contributed by atoms with Crippen LogP contribution in [0.15, 0.2) is 65.1 Å². The maximum Gasteiger partial charge on any atom is 0.335 e. The Bertz CT molecular complexity index is 1010. The second-order valence-electron chi connectivity index (χ2n) is 5.76. The molecule has 0 aliphatic heterocycles. The number of carbonyl (C=O) groups excluding carboxylic acids is 1. The van der Waals surface area contributed by atoms with Crippen molar-refractivity contribution >= 4 is 17.6 Å². The Hall–Kier alpha value is -3.98. The smallest absolute Gasteiger partial charge is 0.335 e. The number of amides is 1. The van der Waals surface area contributed by atoms with Crippen molar-refractivity contribution in [2.24, 2.45) is 0 Å². The standard InChI is InChI=1S/C19H15N3O6/c23-18(13-5-7-15(8-6-13)22(26)27)21-20-11-16-9-10-17(28-16)12-1-3-14(4-2-12)19(24)25/h1-10,20H,11H2,(H,21,23)(H,24,25). The molecule has 0 unspecified atom stereocenters. The quantitative estimate of drug-likeness (QED) is 0.423. The van der Waals surface area contributed by atoms with Crippen LogP contribution in [0, 0.1) is 10.1 Å². The van der Waals surface area contributed by atoms with Crippen LogP contribution in [0.3, 0.4) is 0 Å². The second kappa shape index (κ2) is 8.14. The maximum atomic E-state index is 12.0. The van der Waals surface area contributed by atoms with E-state index in [-0.39, 0.29) is 23.4 Å². The molecule has 0 saturated carbocycles. The zero-order valence-electron chi connectivity index (χ0n) is 14.4. The average molecular weight is 381 g/mol. The number of non-ortho nitro benzene ring substituents is 1. The number of nitro groups is 1. The Labute approximate surface area is 158 Å². The van der Waals surface area contributed by atoms with E-state index in [0.717, 1.165) is 5.56 Å². The molecule has 0 aliphatic carbocycles. The van der Waals surface area contributed by atoms with Gasteiger partial charge in [-0.05, 0) is 36.4 Å². The molecule has 0 saturated heterocycles. The monoisotopic (exact) mass is 381 g/mol. The summed E-state index contributed by atoms with van der Waals surface area (Å²) >= 11 is 0. The largest absolute Gasteiger partial charge is 0.478 e. The van der Waals surface area contributed by atoms with Gasteiger partial charge in [-0.3, -0.25) is 20.3 Å². The third-order valence-corrected chi connectivity index (χ3v) is 3.88. The van der Waals surface area contributed by atoms with Crippen molar-refractivity contribution < 1.29 is 24.0 Å². The van der Waals surface area contributed by atoms with Gasteiger partial charge < -0.3 is 9.52 Å². The van der Waals surface area contributed by atoms with Crippen LogP contribution < -0.4 is 10.9 Å². The van der Waals surface area contributed by atoms with Crippen LogP contribution in [0.25, 0.3) is 11.3 Å². The number of carbonyl (C=O) groups is 2. The molecule has 2 aromatic carbocycles. The Morgan fingerprint density at radius 1 is 0.964 bits per heavy atom. The summed E-state index contributed by atoms with van der Waals surface area (Å²) in [7, 11) is 0. The number of carboxylic acids is 1. The Morgan fingerprint density at radius 3 is 2.21 bits per heavy atom. The van der Waals surface area contributed by atoms with Crippen LogP contribution >= 0.6 is 0 Å². The zero-order valence-corrected chi connectivity index (χ0v) is 14.4. The molecule has 0 bridgehead atoms. The lowest BCUT2D eigenvalue weighted by molar-refractivity contribution is -0.384. The first-order valence-corrected chi connectivity index (χ1v) is 8.14. The minimum Gasteiger partial charge on any atom is -0.478 e. The van der Waals surface area contributed by atoms with E-state index >= 15 is 0 Å². The molecular formula is C19H15N3O6. The summed E-state index contributed by atoms with van der Waals surface area (Å²) in [5.41, 5.74) is 6.30. The fourth-order valence-electron chi connectivity index (χ4n) is 2.42. The molecule has 3 aromatic rings. The molecule has 28 heavy (non-hydrogen) atoms. The lowest BCUT2D eigenvalue weighted by Crippen LogP contribution is -2.36. The first-order valence-electron chi connectivity index (χ1n) is 8.14. The summed E-state index contributed by atoms with van der Waals surface area (Å²) in [6.07, 6.45) is 0. The summed E-state index contributed by atoms with van der Waals surface area (Å²) in [5, 5.41) is 19.5. The van der Waals surface area contributed by atoms with Crippen molar-refractivity contribution in [1.82, 2.24) is 10.9 Å². The predicted molar refractivity (Wildman–Crippen MR) is 98.5 cm³/mol. The van der Waals surface area contributed by atoms with E-state index in [4.69, 9.17) is 9.52 Å². The van der Waals surface area contributed by atoms with Crippen molar-refractivity contribution in [2.45, 2.75) is 6.54 Å². The third kappa shape index (κ3) is 4.40. The topological polar surface area (TPSA) is 135 Å². The van der Waals surface area contributed by atoms with E-state index in [2.05, 4.69) is 10.9 Å². The first kappa shape index (κ1) is 18.8. The Kier molecular flexibility index (Phi) is 5.47. The minimum absolute atomic E-state index is 0.0935. The number of nitrogens with one attached hydrogen (secondary N) is 2. The normalized spacial score (nSPS) is 10.4. The number of carboxylic acid groups (broad SMARTS) is 1. The molecule has 0 radical (unpaired) electrons. The van der Waals surface area contributed by atoms with Crippen molar-refractivity contribution in [3.8, 4) is 11.3 Å². The van der Waals surface area contributed by atoms with Crippen molar-refractivity contribution in [3.05, 3.63) is 87.7 Å². The number of benzene rings is 2. The van der Waals surface area contributed by atoms with E-state index in [1.54, 1.807) is 24.3 Å². The van der Waals surface area contributed by atoms with Gasteiger partial charge in [-0.2, -0.15) is 0 Å². The SMILES string of the molecule is O=C(O)c1ccc(-c2ccc(CNNC(=O)c3ccc([N+](=O)[O-])cc3)o2)cc1. The molecule has 0 spiro atoms. The second-order valence-corrected chi connectivity index (χ2v) is 5.76. The van der Waals surface area contributed by atoms with Crippen LogP contribution in [0.5, 0.6) is 0 Å². The van der Waals surface area contributed by atoms with Gasteiger partial charge >= 0.3 is 5.97 Å². The lowest BCUT2D eigenvalue weighted by atomic mass is 10.1. The number of rotatable bonds is 7. The number of nitrogens with zero attached hydrogens (tertiary/aromatic N) is 1. The molecule has 0 fully saturated rings. The van der Waals surface area contributed by atoms with E-state index < -0.39 is 16.8 Å². The van der Waals surface area contributed by atoms with Gasteiger partial charge in [0, 0.05) is 23.3 Å². The van der Waals surface area contributed by atoms with E-state index in [1.807, 2.05) is 0 Å². The summed E-state index contributed by atoms with van der Waals surface area (Å²) in [4.78, 5) is 33.0. The molecule has 0 aliphatic rings. The number of furan rings is 1. The molecular weight excluding hydrogens is 366 g/mol. The molecule has 0 atom stereocenters. The first-order chi connectivity index (χ1) is 13.4. The minimum atomic E-state index is -1.00. The van der Waals surface area contributed by atoms with Crippen LogP contribution in [-0.2, 0) is 6.54 Å². The average Bonchev–Trinajstić information content (AvgIpc) is 3.17. The van der Waals surface area contributed by atoms with Gasteiger partial charge in [-0.15, -0.1) is 0 Å². The number of aromatic carboxylic acids is 1. The van der Waals surface area contributed by atoms with Gasteiger partial charge in [-0.1, -0.05) is 12.1 Å². The molecule has 1 heterocycles. The van der Waals surface area contributed by atoms with Crippen LogP contribution in [0.2, 0.25) is 0 Å². The maximum absolute atomic E-state index is 12.0. The van der Waals surface area contributed by atoms with Crippen LogP contribution in [0.1, 0.15) is 26.5 Å². The predicted octanol–water partition coefficient (Wildman–Crippen LogP) is 2.99.